The summed E-state index contributed by atoms with van der Waals surface area (Å²) in [5.41, 5.74) is 5.60. The number of nitrogen functional groups attached to an aromatic ring is 1. The van der Waals surface area contributed by atoms with Crippen LogP contribution in [0.2, 0.25) is 0 Å². The van der Waals surface area contributed by atoms with Crippen molar-refractivity contribution in [3.05, 3.63) is 58.6 Å². The molecule has 1 saturated heterocycles. The Balaban J connectivity index is 1.50. The number of anilines is 1. The number of hydrogen-bond donors (Lipinski definition) is 3. The molecule has 4 atom stereocenters. The predicted octanol–water partition coefficient (Wildman–Crippen LogP) is 1.93. The highest BCUT2D eigenvalue weighted by Gasteiger charge is 2.34. The summed E-state index contributed by atoms with van der Waals surface area (Å²) < 4.78 is 29.4. The maximum absolute atomic E-state index is 12.5. The zero-order valence-corrected chi connectivity index (χ0v) is 19.6. The number of aromatic nitrogens is 2. The lowest BCUT2D eigenvalue weighted by molar-refractivity contribution is -0.124. The molecule has 1 fully saturated rings. The van der Waals surface area contributed by atoms with Gasteiger partial charge in [0.25, 0.3) is 0 Å². The van der Waals surface area contributed by atoms with Crippen LogP contribution in [-0.4, -0.2) is 39.9 Å². The molecule has 1 amide bonds. The first-order valence-corrected chi connectivity index (χ1v) is 12.0. The van der Waals surface area contributed by atoms with Crippen molar-refractivity contribution in [1.29, 1.82) is 0 Å². The maximum Gasteiger partial charge on any atom is 0.432 e. The molecule has 11 nitrogen and oxygen atoms in total. The number of carbonyl (C=O) groups is 1. The molecule has 0 spiro atoms. The van der Waals surface area contributed by atoms with Gasteiger partial charge in [-0.05, 0) is 23.5 Å². The van der Waals surface area contributed by atoms with E-state index in [0.717, 1.165) is 5.56 Å². The van der Waals surface area contributed by atoms with E-state index in [-0.39, 0.29) is 17.8 Å². The van der Waals surface area contributed by atoms with Gasteiger partial charge in [-0.15, -0.1) is 0 Å². The molecule has 1 aromatic carbocycles. The van der Waals surface area contributed by atoms with Crippen LogP contribution in [0.25, 0.3) is 0 Å². The van der Waals surface area contributed by atoms with E-state index in [0.29, 0.717) is 6.42 Å². The lowest BCUT2D eigenvalue weighted by Crippen LogP contribution is -2.32. The molecule has 1 aliphatic rings. The topological polar surface area (TPSA) is 155 Å². The van der Waals surface area contributed by atoms with E-state index < -0.39 is 44.4 Å². The molecular weight excluding hydrogens is 451 g/mol. The molecule has 0 saturated carbocycles. The van der Waals surface area contributed by atoms with E-state index in [2.05, 4.69) is 10.1 Å². The second kappa shape index (κ2) is 10.1. The standard InChI is InChI=1S/C21H29N4O7P/c1-14(11-21(2,3)15-7-5-4-6-8-15)19(26)24-33(28,29)31-13-18-30-12-17(32-18)25-10-9-16(22)23-20(25)27/h4-10,14,17-18H,11-13H2,1-3H3,(H2,22,23,27)(H2,24,26,28,29)/t14-,17+,18+/m1/s1. The molecular formula is C21H29N4O7P. The smallest absolute Gasteiger partial charge is 0.383 e. The zero-order chi connectivity index (χ0) is 24.2. The van der Waals surface area contributed by atoms with Crippen LogP contribution in [0, 0.1) is 5.92 Å². The van der Waals surface area contributed by atoms with Gasteiger partial charge in [-0.1, -0.05) is 51.1 Å². The average molecular weight is 480 g/mol. The Labute approximate surface area is 191 Å². The van der Waals surface area contributed by atoms with Gasteiger partial charge in [-0.2, -0.15) is 4.98 Å². The molecule has 2 aromatic rings. The summed E-state index contributed by atoms with van der Waals surface area (Å²) in [5, 5.41) is 2.07. The molecule has 2 heterocycles. The highest BCUT2D eigenvalue weighted by molar-refractivity contribution is 7.51. The SMILES string of the molecule is C[C@H](CC(C)(C)c1ccccc1)C(=O)NP(=O)(O)OC[C@H]1OC[C@@H](n2ccc(N)nc2=O)O1. The second-order valence-electron chi connectivity index (χ2n) is 8.54. The normalized spacial score (nSPS) is 21.3. The van der Waals surface area contributed by atoms with Crippen molar-refractivity contribution in [1.82, 2.24) is 14.6 Å². The summed E-state index contributed by atoms with van der Waals surface area (Å²) in [5.74, 6) is -1.07. The van der Waals surface area contributed by atoms with Gasteiger partial charge in [0.05, 0.1) is 6.61 Å². The Bertz CT molecular complexity index is 1080. The van der Waals surface area contributed by atoms with Crippen LogP contribution in [0.1, 0.15) is 39.0 Å². The Morgan fingerprint density at radius 1 is 1.39 bits per heavy atom. The van der Waals surface area contributed by atoms with Crippen LogP contribution in [0.5, 0.6) is 0 Å². The number of nitrogens with two attached hydrogens (primary N) is 1. The Hall–Kier alpha value is -2.56. The van der Waals surface area contributed by atoms with Crippen LogP contribution >= 0.6 is 7.75 Å². The van der Waals surface area contributed by atoms with Crippen molar-refractivity contribution in [2.75, 3.05) is 18.9 Å². The van der Waals surface area contributed by atoms with E-state index >= 15 is 0 Å². The van der Waals surface area contributed by atoms with Crippen molar-refractivity contribution < 1.29 is 28.3 Å². The predicted molar refractivity (Wildman–Crippen MR) is 120 cm³/mol. The molecule has 1 unspecified atom stereocenters. The number of rotatable bonds is 9. The van der Waals surface area contributed by atoms with Crippen molar-refractivity contribution in [2.45, 2.75) is 45.1 Å². The fraction of sp³-hybridized carbons (Fsp3) is 0.476. The number of nitrogens with one attached hydrogen (secondary N) is 1. The van der Waals surface area contributed by atoms with Gasteiger partial charge >= 0.3 is 13.4 Å². The molecule has 180 valence electrons. The molecule has 1 aliphatic heterocycles. The lowest BCUT2D eigenvalue weighted by Gasteiger charge is -2.28. The minimum atomic E-state index is -4.46. The molecule has 0 bridgehead atoms. The summed E-state index contributed by atoms with van der Waals surface area (Å²) >= 11 is 0. The third-order valence-corrected chi connectivity index (χ3v) is 6.35. The number of carbonyl (C=O) groups excluding carboxylic acids is 1. The zero-order valence-electron chi connectivity index (χ0n) is 18.7. The van der Waals surface area contributed by atoms with Gasteiger partial charge in [0.2, 0.25) is 5.91 Å². The fourth-order valence-corrected chi connectivity index (χ4v) is 4.52. The van der Waals surface area contributed by atoms with Crippen molar-refractivity contribution in [2.24, 2.45) is 5.92 Å². The molecule has 12 heteroatoms. The summed E-state index contributed by atoms with van der Waals surface area (Å²) in [6, 6.07) is 11.2. The van der Waals surface area contributed by atoms with E-state index in [9.17, 15) is 19.0 Å². The molecule has 3 rings (SSSR count). The van der Waals surface area contributed by atoms with E-state index in [1.54, 1.807) is 6.92 Å². The first kappa shape index (κ1) is 25.1. The second-order valence-corrected chi connectivity index (χ2v) is 10.1. The highest BCUT2D eigenvalue weighted by Crippen LogP contribution is 2.39. The van der Waals surface area contributed by atoms with Gasteiger partial charge in [0, 0.05) is 12.1 Å². The van der Waals surface area contributed by atoms with Gasteiger partial charge in [0.1, 0.15) is 12.4 Å². The van der Waals surface area contributed by atoms with Crippen molar-refractivity contribution in [3.63, 3.8) is 0 Å². The average Bonchev–Trinajstić information content (AvgIpc) is 3.21. The van der Waals surface area contributed by atoms with Crippen LogP contribution < -0.4 is 16.5 Å². The first-order valence-electron chi connectivity index (χ1n) is 10.4. The van der Waals surface area contributed by atoms with E-state index in [4.69, 9.17) is 19.7 Å². The van der Waals surface area contributed by atoms with Crippen LogP contribution in [0.15, 0.2) is 47.4 Å². The van der Waals surface area contributed by atoms with E-state index in [1.807, 2.05) is 44.2 Å². The molecule has 0 radical (unpaired) electrons. The molecule has 1 aromatic heterocycles. The number of ether oxygens (including phenoxy) is 2. The molecule has 4 N–H and O–H groups in total. The number of amides is 1. The van der Waals surface area contributed by atoms with Gasteiger partial charge in [-0.25, -0.2) is 9.36 Å². The summed E-state index contributed by atoms with van der Waals surface area (Å²) in [6.07, 6.45) is 0.0830. The number of hydrogen-bond acceptors (Lipinski definition) is 8. The maximum atomic E-state index is 12.5. The number of benzene rings is 1. The number of nitrogens with zero attached hydrogens (tertiary/aromatic N) is 2. The monoisotopic (exact) mass is 480 g/mol. The molecule has 33 heavy (non-hydrogen) atoms. The Morgan fingerprint density at radius 2 is 2.09 bits per heavy atom. The van der Waals surface area contributed by atoms with Crippen molar-refractivity contribution in [3.8, 4) is 0 Å². The van der Waals surface area contributed by atoms with Crippen LogP contribution in [0.3, 0.4) is 0 Å². The third-order valence-electron chi connectivity index (χ3n) is 5.35. The summed E-state index contributed by atoms with van der Waals surface area (Å²) in [6.45, 7) is 5.29. The first-order chi connectivity index (χ1) is 15.5. The van der Waals surface area contributed by atoms with Gasteiger partial charge < -0.3 is 20.1 Å². The quantitative estimate of drug-likeness (QED) is 0.457. The molecule has 0 aliphatic carbocycles. The van der Waals surface area contributed by atoms with Crippen LogP contribution in [0.4, 0.5) is 5.82 Å². The van der Waals surface area contributed by atoms with E-state index in [1.165, 1.54) is 16.8 Å². The highest BCUT2D eigenvalue weighted by atomic mass is 31.2. The van der Waals surface area contributed by atoms with Gasteiger partial charge in [-0.3, -0.25) is 19.0 Å². The summed E-state index contributed by atoms with van der Waals surface area (Å²) in [4.78, 5) is 38.1. The fourth-order valence-electron chi connectivity index (χ4n) is 3.63. The minimum Gasteiger partial charge on any atom is -0.383 e. The third kappa shape index (κ3) is 6.72. The minimum absolute atomic E-state index is 0.00717. The van der Waals surface area contributed by atoms with Gasteiger partial charge in [0.15, 0.2) is 12.5 Å². The Morgan fingerprint density at radius 3 is 2.76 bits per heavy atom. The largest absolute Gasteiger partial charge is 0.432 e. The lowest BCUT2D eigenvalue weighted by atomic mass is 9.77. The van der Waals surface area contributed by atoms with Crippen molar-refractivity contribution >= 4 is 19.5 Å². The Kier molecular flexibility index (Phi) is 7.71. The summed E-state index contributed by atoms with van der Waals surface area (Å²) in [7, 11) is -4.46. The van der Waals surface area contributed by atoms with Crippen LogP contribution in [-0.2, 0) is 28.8 Å².